The van der Waals surface area contributed by atoms with Crippen molar-refractivity contribution in [1.82, 2.24) is 10.3 Å². The topological polar surface area (TPSA) is 51.2 Å². The lowest BCUT2D eigenvalue weighted by Crippen LogP contribution is -2.28. The highest BCUT2D eigenvalue weighted by atomic mass is 79.9. The lowest BCUT2D eigenvalue weighted by Gasteiger charge is -2.06. The molecule has 0 unspecified atom stereocenters. The van der Waals surface area contributed by atoms with Gasteiger partial charge >= 0.3 is 0 Å². The van der Waals surface area contributed by atoms with Gasteiger partial charge in [0.2, 0.25) is 0 Å². The Morgan fingerprint density at radius 1 is 1.16 bits per heavy atom. The smallest absolute Gasteiger partial charge is 0.258 e. The minimum absolute atomic E-state index is 0.0173. The molecule has 4 nitrogen and oxygen atoms in total. The minimum Gasteiger partial charge on any atom is -0.484 e. The monoisotopic (exact) mass is 416 g/mol. The van der Waals surface area contributed by atoms with E-state index in [1.165, 1.54) is 5.56 Å². The van der Waals surface area contributed by atoms with Crippen LogP contribution in [-0.2, 0) is 11.3 Å². The summed E-state index contributed by atoms with van der Waals surface area (Å²) < 4.78 is 6.42. The molecule has 25 heavy (non-hydrogen) atoms. The molecule has 1 amide bonds. The molecule has 128 valence electrons. The molecule has 3 aromatic rings. The van der Waals surface area contributed by atoms with Crippen molar-refractivity contribution in [2.45, 2.75) is 13.5 Å². The van der Waals surface area contributed by atoms with E-state index in [1.54, 1.807) is 11.3 Å². The zero-order chi connectivity index (χ0) is 17.6. The number of amides is 1. The normalized spacial score (nSPS) is 10.5. The van der Waals surface area contributed by atoms with Gasteiger partial charge in [0, 0.05) is 15.4 Å². The first-order valence-electron chi connectivity index (χ1n) is 7.77. The molecule has 0 aliphatic rings. The Hall–Kier alpha value is -2.18. The Balaban J connectivity index is 1.49. The number of nitrogens with zero attached hydrogens (tertiary/aromatic N) is 1. The van der Waals surface area contributed by atoms with Crippen LogP contribution >= 0.6 is 27.3 Å². The van der Waals surface area contributed by atoms with Crippen LogP contribution in [0.25, 0.3) is 10.6 Å². The first-order chi connectivity index (χ1) is 12.1. The van der Waals surface area contributed by atoms with Gasteiger partial charge < -0.3 is 10.1 Å². The van der Waals surface area contributed by atoms with E-state index in [9.17, 15) is 4.79 Å². The van der Waals surface area contributed by atoms with E-state index < -0.39 is 0 Å². The van der Waals surface area contributed by atoms with E-state index in [-0.39, 0.29) is 12.5 Å². The summed E-state index contributed by atoms with van der Waals surface area (Å²) in [5.41, 5.74) is 3.16. The van der Waals surface area contributed by atoms with E-state index >= 15 is 0 Å². The molecule has 0 saturated carbocycles. The fourth-order valence-corrected chi connectivity index (χ4v) is 3.23. The third-order valence-electron chi connectivity index (χ3n) is 3.50. The number of ether oxygens (including phenoxy) is 1. The van der Waals surface area contributed by atoms with Crippen molar-refractivity contribution >= 4 is 33.2 Å². The first kappa shape index (κ1) is 17.6. The Morgan fingerprint density at radius 2 is 1.88 bits per heavy atom. The van der Waals surface area contributed by atoms with Gasteiger partial charge in [0.25, 0.3) is 5.91 Å². The van der Waals surface area contributed by atoms with Gasteiger partial charge in [0.1, 0.15) is 10.8 Å². The second kappa shape index (κ2) is 8.27. The van der Waals surface area contributed by atoms with E-state index in [2.05, 4.69) is 57.4 Å². The highest BCUT2D eigenvalue weighted by molar-refractivity contribution is 9.10. The Bertz CT molecular complexity index is 845. The summed E-state index contributed by atoms with van der Waals surface area (Å²) in [4.78, 5) is 16.5. The van der Waals surface area contributed by atoms with Gasteiger partial charge in [-0.15, -0.1) is 11.3 Å². The predicted molar refractivity (Wildman–Crippen MR) is 104 cm³/mol. The third-order valence-corrected chi connectivity index (χ3v) is 4.97. The molecule has 2 aromatic carbocycles. The van der Waals surface area contributed by atoms with E-state index in [1.807, 2.05) is 29.6 Å². The lowest BCUT2D eigenvalue weighted by molar-refractivity contribution is -0.123. The van der Waals surface area contributed by atoms with Crippen LogP contribution in [0.5, 0.6) is 5.75 Å². The van der Waals surface area contributed by atoms with Gasteiger partial charge in [-0.2, -0.15) is 0 Å². The molecule has 0 atom stereocenters. The standard InChI is InChI=1S/C19H17BrN2O2S/c1-13-2-4-14(5-3-13)19-22-16(12-25-19)10-21-18(23)11-24-17-8-6-15(20)7-9-17/h2-9,12H,10-11H2,1H3,(H,21,23). The zero-order valence-electron chi connectivity index (χ0n) is 13.7. The Morgan fingerprint density at radius 3 is 2.60 bits per heavy atom. The molecule has 1 aromatic heterocycles. The summed E-state index contributed by atoms with van der Waals surface area (Å²) in [7, 11) is 0. The maximum atomic E-state index is 11.9. The number of rotatable bonds is 6. The van der Waals surface area contributed by atoms with Gasteiger partial charge in [-0.1, -0.05) is 45.8 Å². The number of aryl methyl sites for hydroxylation is 1. The third kappa shape index (κ3) is 5.14. The second-order valence-electron chi connectivity index (χ2n) is 5.53. The maximum absolute atomic E-state index is 11.9. The molecule has 6 heteroatoms. The molecule has 1 N–H and O–H groups in total. The van der Waals surface area contributed by atoms with Crippen molar-refractivity contribution in [3.8, 4) is 16.3 Å². The van der Waals surface area contributed by atoms with E-state index in [4.69, 9.17) is 4.74 Å². The van der Waals surface area contributed by atoms with Crippen LogP contribution in [0.2, 0.25) is 0 Å². The van der Waals surface area contributed by atoms with Crippen molar-refractivity contribution in [2.75, 3.05) is 6.61 Å². The van der Waals surface area contributed by atoms with Crippen LogP contribution in [0.1, 0.15) is 11.3 Å². The fourth-order valence-electron chi connectivity index (χ4n) is 2.14. The summed E-state index contributed by atoms with van der Waals surface area (Å²) in [5, 5.41) is 5.74. The number of nitrogens with one attached hydrogen (secondary N) is 1. The van der Waals surface area contributed by atoms with Gasteiger partial charge in [-0.3, -0.25) is 4.79 Å². The summed E-state index contributed by atoms with van der Waals surface area (Å²) >= 11 is 4.93. The molecule has 3 rings (SSSR count). The number of hydrogen-bond donors (Lipinski definition) is 1. The first-order valence-corrected chi connectivity index (χ1v) is 9.44. The molecule has 0 spiro atoms. The minimum atomic E-state index is -0.173. The van der Waals surface area contributed by atoms with Crippen LogP contribution in [0.3, 0.4) is 0 Å². The SMILES string of the molecule is Cc1ccc(-c2nc(CNC(=O)COc3ccc(Br)cc3)cs2)cc1. The predicted octanol–water partition coefficient (Wildman–Crippen LogP) is 4.58. The molecule has 1 heterocycles. The highest BCUT2D eigenvalue weighted by Crippen LogP contribution is 2.24. The number of benzene rings is 2. The lowest BCUT2D eigenvalue weighted by atomic mass is 10.2. The van der Waals surface area contributed by atoms with Crippen molar-refractivity contribution in [2.24, 2.45) is 0 Å². The summed E-state index contributed by atoms with van der Waals surface area (Å²) in [6.07, 6.45) is 0. The van der Waals surface area contributed by atoms with Crippen molar-refractivity contribution in [3.63, 3.8) is 0 Å². The van der Waals surface area contributed by atoms with Gasteiger partial charge in [-0.25, -0.2) is 4.98 Å². The second-order valence-corrected chi connectivity index (χ2v) is 7.30. The number of halogens is 1. The van der Waals surface area contributed by atoms with Crippen LogP contribution in [0, 0.1) is 6.92 Å². The van der Waals surface area contributed by atoms with E-state index in [0.717, 1.165) is 20.7 Å². The molecular formula is C19H17BrN2O2S. The van der Waals surface area contributed by atoms with E-state index in [0.29, 0.717) is 12.3 Å². The van der Waals surface area contributed by atoms with Gasteiger partial charge in [0.15, 0.2) is 6.61 Å². The summed E-state index contributed by atoms with van der Waals surface area (Å²) in [5.74, 6) is 0.487. The number of carbonyl (C=O) groups is 1. The average Bonchev–Trinajstić information content (AvgIpc) is 3.09. The Labute approximate surface area is 159 Å². The van der Waals surface area contributed by atoms with Gasteiger partial charge in [0.05, 0.1) is 12.2 Å². The number of carbonyl (C=O) groups excluding carboxylic acids is 1. The molecule has 0 saturated heterocycles. The molecule has 0 fully saturated rings. The molecule has 0 aliphatic carbocycles. The zero-order valence-corrected chi connectivity index (χ0v) is 16.1. The van der Waals surface area contributed by atoms with Crippen LogP contribution in [0.4, 0.5) is 0 Å². The number of hydrogen-bond acceptors (Lipinski definition) is 4. The Kier molecular flexibility index (Phi) is 5.83. The van der Waals surface area contributed by atoms with Crippen LogP contribution in [0.15, 0.2) is 58.4 Å². The van der Waals surface area contributed by atoms with Crippen LogP contribution in [-0.4, -0.2) is 17.5 Å². The largest absolute Gasteiger partial charge is 0.484 e. The quantitative estimate of drug-likeness (QED) is 0.639. The number of thiazole rings is 1. The summed E-state index contributed by atoms with van der Waals surface area (Å²) in [6.45, 7) is 2.43. The molecule has 0 aliphatic heterocycles. The molecule has 0 radical (unpaired) electrons. The fraction of sp³-hybridized carbons (Fsp3) is 0.158. The van der Waals surface area contributed by atoms with Gasteiger partial charge in [-0.05, 0) is 31.2 Å². The van der Waals surface area contributed by atoms with Crippen molar-refractivity contribution < 1.29 is 9.53 Å². The molecular weight excluding hydrogens is 400 g/mol. The number of aromatic nitrogens is 1. The summed E-state index contributed by atoms with van der Waals surface area (Å²) in [6, 6.07) is 15.6. The van der Waals surface area contributed by atoms with Crippen molar-refractivity contribution in [1.29, 1.82) is 0 Å². The maximum Gasteiger partial charge on any atom is 0.258 e. The van der Waals surface area contributed by atoms with Crippen LogP contribution < -0.4 is 10.1 Å². The average molecular weight is 417 g/mol. The molecule has 0 bridgehead atoms. The highest BCUT2D eigenvalue weighted by Gasteiger charge is 2.07. The van der Waals surface area contributed by atoms with Crippen molar-refractivity contribution in [3.05, 3.63) is 69.6 Å².